The van der Waals surface area contributed by atoms with Crippen LogP contribution in [-0.4, -0.2) is 21.2 Å². The molecule has 0 aromatic heterocycles. The van der Waals surface area contributed by atoms with E-state index in [1.807, 2.05) is 12.1 Å². The molecule has 86 valence electrons. The SMILES string of the molecule is C=C[SiH2]C1(c2ccc(O)cc2)CCCCO1. The van der Waals surface area contributed by atoms with Crippen molar-refractivity contribution in [3.8, 4) is 5.75 Å². The minimum Gasteiger partial charge on any atom is -0.508 e. The van der Waals surface area contributed by atoms with Gasteiger partial charge in [0, 0.05) is 6.61 Å². The number of phenols is 1. The van der Waals surface area contributed by atoms with E-state index >= 15 is 0 Å². The van der Waals surface area contributed by atoms with E-state index in [1.54, 1.807) is 12.1 Å². The number of ether oxygens (including phenoxy) is 1. The molecule has 3 heteroatoms. The third-order valence-electron chi connectivity index (χ3n) is 3.22. The molecule has 0 amide bonds. The number of hydrogen-bond acceptors (Lipinski definition) is 2. The first-order valence-electron chi connectivity index (χ1n) is 5.81. The Bertz CT molecular complexity index is 353. The van der Waals surface area contributed by atoms with Gasteiger partial charge in [-0.3, -0.25) is 0 Å². The smallest absolute Gasteiger partial charge is 0.115 e. The number of phenolic OH excluding ortho intramolecular Hbond substituents is 1. The molecule has 0 aliphatic carbocycles. The maximum Gasteiger partial charge on any atom is 0.115 e. The molecule has 1 aromatic rings. The van der Waals surface area contributed by atoms with Gasteiger partial charge < -0.3 is 9.84 Å². The van der Waals surface area contributed by atoms with Crippen molar-refractivity contribution in [2.75, 3.05) is 6.61 Å². The topological polar surface area (TPSA) is 29.5 Å². The molecule has 1 N–H and O–H groups in total. The van der Waals surface area contributed by atoms with Crippen LogP contribution in [0.1, 0.15) is 24.8 Å². The summed E-state index contributed by atoms with van der Waals surface area (Å²) in [4.78, 5) is 0. The van der Waals surface area contributed by atoms with Crippen molar-refractivity contribution in [3.05, 3.63) is 42.1 Å². The summed E-state index contributed by atoms with van der Waals surface area (Å²) in [6.07, 6.45) is 3.48. The predicted octanol–water partition coefficient (Wildman–Crippen LogP) is 2.06. The van der Waals surface area contributed by atoms with Crippen molar-refractivity contribution in [1.82, 2.24) is 0 Å². The van der Waals surface area contributed by atoms with Gasteiger partial charge in [-0.2, -0.15) is 0 Å². The second-order valence-corrected chi connectivity index (χ2v) is 6.47. The summed E-state index contributed by atoms with van der Waals surface area (Å²) < 4.78 is 6.04. The van der Waals surface area contributed by atoms with Gasteiger partial charge in [0.2, 0.25) is 0 Å². The molecule has 2 nitrogen and oxygen atoms in total. The van der Waals surface area contributed by atoms with E-state index in [0.29, 0.717) is 5.75 Å². The Labute approximate surface area is 98.8 Å². The lowest BCUT2D eigenvalue weighted by atomic mass is 10.0. The van der Waals surface area contributed by atoms with E-state index in [2.05, 4.69) is 12.3 Å². The number of rotatable bonds is 3. The number of benzene rings is 1. The van der Waals surface area contributed by atoms with Crippen LogP contribution < -0.4 is 0 Å². The molecule has 1 atom stereocenters. The Kier molecular flexibility index (Phi) is 3.46. The predicted molar refractivity (Wildman–Crippen MR) is 68.3 cm³/mol. The average Bonchev–Trinajstić information content (AvgIpc) is 2.31. The largest absolute Gasteiger partial charge is 0.508 e. The highest BCUT2D eigenvalue weighted by Crippen LogP contribution is 2.34. The van der Waals surface area contributed by atoms with Crippen molar-refractivity contribution in [2.24, 2.45) is 0 Å². The van der Waals surface area contributed by atoms with Crippen molar-refractivity contribution in [3.63, 3.8) is 0 Å². The van der Waals surface area contributed by atoms with Gasteiger partial charge in [0.1, 0.15) is 5.75 Å². The molecule has 1 aliphatic heterocycles. The molecular weight excluding hydrogens is 216 g/mol. The Morgan fingerprint density at radius 3 is 2.62 bits per heavy atom. The van der Waals surface area contributed by atoms with Crippen LogP contribution in [-0.2, 0) is 9.96 Å². The summed E-state index contributed by atoms with van der Waals surface area (Å²) in [6.45, 7) is 4.72. The van der Waals surface area contributed by atoms with Gasteiger partial charge in [0.05, 0.1) is 14.7 Å². The summed E-state index contributed by atoms with van der Waals surface area (Å²) in [7, 11) is -0.481. The third-order valence-corrected chi connectivity index (χ3v) is 5.13. The Morgan fingerprint density at radius 1 is 1.31 bits per heavy atom. The molecule has 1 fully saturated rings. The Hall–Kier alpha value is -1.06. The highest BCUT2D eigenvalue weighted by atomic mass is 28.2. The van der Waals surface area contributed by atoms with Crippen LogP contribution >= 0.6 is 0 Å². The molecule has 2 rings (SSSR count). The molecular formula is C13H18O2Si. The first-order valence-corrected chi connectivity index (χ1v) is 7.33. The first-order chi connectivity index (χ1) is 7.77. The van der Waals surface area contributed by atoms with E-state index in [9.17, 15) is 5.11 Å². The van der Waals surface area contributed by atoms with E-state index < -0.39 is 9.52 Å². The van der Waals surface area contributed by atoms with Crippen LogP contribution in [0.5, 0.6) is 5.75 Å². The van der Waals surface area contributed by atoms with Crippen molar-refractivity contribution in [2.45, 2.75) is 24.5 Å². The third kappa shape index (κ3) is 2.20. The van der Waals surface area contributed by atoms with Crippen LogP contribution in [0.4, 0.5) is 0 Å². The second kappa shape index (κ2) is 4.85. The zero-order valence-corrected chi connectivity index (χ0v) is 10.9. The molecule has 1 saturated heterocycles. The minimum absolute atomic E-state index is 0.0757. The van der Waals surface area contributed by atoms with E-state index in [1.165, 1.54) is 12.0 Å². The van der Waals surface area contributed by atoms with Gasteiger partial charge in [-0.15, -0.1) is 12.3 Å². The fourth-order valence-corrected chi connectivity index (χ4v) is 4.01. The summed E-state index contributed by atoms with van der Waals surface area (Å²) in [5.41, 5.74) is 3.26. The molecule has 1 aliphatic rings. The van der Waals surface area contributed by atoms with Gasteiger partial charge in [0.25, 0.3) is 0 Å². The first kappa shape index (κ1) is 11.4. The fourth-order valence-electron chi connectivity index (χ4n) is 2.36. The maximum atomic E-state index is 9.32. The fraction of sp³-hybridized carbons (Fsp3) is 0.385. The van der Waals surface area contributed by atoms with E-state index in [0.717, 1.165) is 19.4 Å². The van der Waals surface area contributed by atoms with Crippen molar-refractivity contribution in [1.29, 1.82) is 0 Å². The highest BCUT2D eigenvalue weighted by Gasteiger charge is 2.33. The number of hydrogen-bond donors (Lipinski definition) is 1. The zero-order chi connectivity index (χ0) is 11.4. The van der Waals surface area contributed by atoms with Crippen LogP contribution in [0.25, 0.3) is 0 Å². The van der Waals surface area contributed by atoms with Gasteiger partial charge in [-0.1, -0.05) is 12.1 Å². The standard InChI is InChI=1S/C13H18O2Si/c1-2-16-13(9-3-4-10-15-13)11-5-7-12(14)8-6-11/h2,5-8,14H,1,3-4,9-10,16H2. The number of aromatic hydroxyl groups is 1. The molecule has 1 heterocycles. The van der Waals surface area contributed by atoms with Crippen LogP contribution in [0.15, 0.2) is 36.5 Å². The lowest BCUT2D eigenvalue weighted by molar-refractivity contribution is -0.0230. The van der Waals surface area contributed by atoms with E-state index in [4.69, 9.17) is 4.74 Å². The highest BCUT2D eigenvalue weighted by molar-refractivity contribution is 6.45. The molecule has 1 unspecified atom stereocenters. The van der Waals surface area contributed by atoms with Crippen LogP contribution in [0.2, 0.25) is 0 Å². The summed E-state index contributed by atoms with van der Waals surface area (Å²) in [5.74, 6) is 0.315. The van der Waals surface area contributed by atoms with Gasteiger partial charge in [-0.05, 0) is 37.0 Å². The quantitative estimate of drug-likeness (QED) is 0.811. The van der Waals surface area contributed by atoms with Gasteiger partial charge in [-0.25, -0.2) is 0 Å². The monoisotopic (exact) mass is 234 g/mol. The van der Waals surface area contributed by atoms with Crippen LogP contribution in [0, 0.1) is 0 Å². The second-order valence-electron chi connectivity index (χ2n) is 4.34. The van der Waals surface area contributed by atoms with Crippen LogP contribution in [0.3, 0.4) is 0 Å². The van der Waals surface area contributed by atoms with Crippen molar-refractivity contribution >= 4 is 9.52 Å². The normalized spacial score (nSPS) is 26.0. The Morgan fingerprint density at radius 2 is 2.06 bits per heavy atom. The van der Waals surface area contributed by atoms with Gasteiger partial charge >= 0.3 is 0 Å². The Balaban J connectivity index is 2.30. The minimum atomic E-state index is -0.481. The maximum absolute atomic E-state index is 9.32. The molecule has 1 aromatic carbocycles. The molecule has 0 saturated carbocycles. The summed E-state index contributed by atoms with van der Waals surface area (Å²) >= 11 is 0. The molecule has 0 bridgehead atoms. The molecule has 0 radical (unpaired) electrons. The van der Waals surface area contributed by atoms with Gasteiger partial charge in [0.15, 0.2) is 0 Å². The summed E-state index contributed by atoms with van der Waals surface area (Å²) in [5, 5.41) is 9.24. The lowest BCUT2D eigenvalue weighted by Gasteiger charge is -2.37. The van der Waals surface area contributed by atoms with E-state index in [-0.39, 0.29) is 5.22 Å². The van der Waals surface area contributed by atoms with Crippen molar-refractivity contribution < 1.29 is 9.84 Å². The zero-order valence-electron chi connectivity index (χ0n) is 9.48. The summed E-state index contributed by atoms with van der Waals surface area (Å²) in [6, 6.07) is 7.45. The molecule has 0 spiro atoms. The lowest BCUT2D eigenvalue weighted by Crippen LogP contribution is -2.38. The average molecular weight is 234 g/mol. The molecule has 16 heavy (non-hydrogen) atoms.